The highest BCUT2D eigenvalue weighted by Gasteiger charge is 2.14. The van der Waals surface area contributed by atoms with Gasteiger partial charge in [-0.2, -0.15) is 0 Å². The lowest BCUT2D eigenvalue weighted by molar-refractivity contribution is 0.0950. The number of aromatic nitrogens is 1. The van der Waals surface area contributed by atoms with Gasteiger partial charge in [-0.25, -0.2) is 0 Å². The van der Waals surface area contributed by atoms with Crippen LogP contribution in [0, 0.1) is 0 Å². The largest absolute Gasteiger partial charge is 0.493 e. The molecular formula is C16H18N2O5. The van der Waals surface area contributed by atoms with Gasteiger partial charge in [-0.1, -0.05) is 0 Å². The topological polar surface area (TPSA) is 89.7 Å². The highest BCUT2D eigenvalue weighted by Crippen LogP contribution is 2.38. The van der Waals surface area contributed by atoms with Crippen molar-refractivity contribution in [3.63, 3.8) is 0 Å². The molecule has 0 spiro atoms. The molecule has 7 heteroatoms. The minimum absolute atomic E-state index is 0.258. The van der Waals surface area contributed by atoms with Crippen LogP contribution in [0.3, 0.4) is 0 Å². The second kappa shape index (κ2) is 7.35. The molecule has 7 nitrogen and oxygen atoms in total. The number of carbonyl (C=O) groups excluding carboxylic acids is 1. The number of methoxy groups -OCH3 is 3. The number of carbonyl (C=O) groups is 1. The van der Waals surface area contributed by atoms with E-state index < -0.39 is 0 Å². The van der Waals surface area contributed by atoms with Crippen LogP contribution >= 0.6 is 0 Å². The van der Waals surface area contributed by atoms with Crippen LogP contribution in [0.15, 0.2) is 35.3 Å². The molecule has 1 aromatic heterocycles. The van der Waals surface area contributed by atoms with Crippen LogP contribution in [0.5, 0.6) is 17.2 Å². The Morgan fingerprint density at radius 3 is 2.22 bits per heavy atom. The van der Waals surface area contributed by atoms with E-state index in [9.17, 15) is 9.59 Å². The number of ether oxygens (including phenoxy) is 3. The number of aromatic amines is 1. The van der Waals surface area contributed by atoms with Crippen molar-refractivity contribution in [1.82, 2.24) is 10.3 Å². The van der Waals surface area contributed by atoms with Gasteiger partial charge in [0.1, 0.15) is 0 Å². The third kappa shape index (κ3) is 3.82. The Labute approximate surface area is 133 Å². The number of benzene rings is 1. The third-order valence-electron chi connectivity index (χ3n) is 3.22. The van der Waals surface area contributed by atoms with Crippen LogP contribution in [0.2, 0.25) is 0 Å². The summed E-state index contributed by atoms with van der Waals surface area (Å²) < 4.78 is 15.8. The smallest absolute Gasteiger partial charge is 0.253 e. The molecule has 0 bridgehead atoms. The Hall–Kier alpha value is -2.96. The summed E-state index contributed by atoms with van der Waals surface area (Å²) in [5.74, 6) is 1.22. The number of amides is 1. The monoisotopic (exact) mass is 318 g/mol. The van der Waals surface area contributed by atoms with E-state index in [4.69, 9.17) is 14.2 Å². The summed E-state index contributed by atoms with van der Waals surface area (Å²) >= 11 is 0. The molecule has 0 saturated carbocycles. The van der Waals surface area contributed by atoms with Gasteiger partial charge in [0.25, 0.3) is 5.91 Å². The molecule has 0 saturated heterocycles. The quantitative estimate of drug-likeness (QED) is 0.839. The Morgan fingerprint density at radius 1 is 1.09 bits per heavy atom. The number of hydrogen-bond donors (Lipinski definition) is 2. The molecule has 0 aliphatic heterocycles. The Bertz CT molecular complexity index is 709. The first-order valence-corrected chi connectivity index (χ1v) is 6.85. The summed E-state index contributed by atoms with van der Waals surface area (Å²) in [4.78, 5) is 25.5. The van der Waals surface area contributed by atoms with Gasteiger partial charge >= 0.3 is 0 Å². The first-order valence-electron chi connectivity index (χ1n) is 6.85. The van der Waals surface area contributed by atoms with Gasteiger partial charge in [0, 0.05) is 18.8 Å². The van der Waals surface area contributed by atoms with Gasteiger partial charge in [0.05, 0.1) is 26.9 Å². The maximum atomic E-state index is 12.0. The van der Waals surface area contributed by atoms with E-state index in [1.54, 1.807) is 12.1 Å². The van der Waals surface area contributed by atoms with Crippen LogP contribution in [0.25, 0.3) is 0 Å². The molecule has 0 fully saturated rings. The first kappa shape index (κ1) is 16.4. The number of H-pyrrole nitrogens is 1. The minimum atomic E-state index is -0.296. The van der Waals surface area contributed by atoms with E-state index in [0.717, 1.165) is 5.56 Å². The molecule has 0 aliphatic carbocycles. The molecule has 2 rings (SSSR count). The van der Waals surface area contributed by atoms with Gasteiger partial charge in [0.2, 0.25) is 11.3 Å². The number of rotatable bonds is 6. The van der Waals surface area contributed by atoms with Crippen molar-refractivity contribution in [1.29, 1.82) is 0 Å². The van der Waals surface area contributed by atoms with Crippen LogP contribution in [-0.4, -0.2) is 32.2 Å². The second-order valence-electron chi connectivity index (χ2n) is 4.66. The van der Waals surface area contributed by atoms with E-state index in [2.05, 4.69) is 10.3 Å². The van der Waals surface area contributed by atoms with Crippen molar-refractivity contribution < 1.29 is 19.0 Å². The van der Waals surface area contributed by atoms with Crippen molar-refractivity contribution in [3.05, 3.63) is 51.9 Å². The summed E-state index contributed by atoms with van der Waals surface area (Å²) in [6, 6.07) is 6.28. The average Bonchev–Trinajstić information content (AvgIpc) is 2.59. The van der Waals surface area contributed by atoms with E-state index in [0.29, 0.717) is 22.8 Å². The number of hydrogen-bond acceptors (Lipinski definition) is 5. The van der Waals surface area contributed by atoms with Crippen molar-refractivity contribution in [2.24, 2.45) is 0 Å². The number of pyridine rings is 1. The molecule has 23 heavy (non-hydrogen) atoms. The minimum Gasteiger partial charge on any atom is -0.493 e. The van der Waals surface area contributed by atoms with Crippen LogP contribution in [0.1, 0.15) is 15.9 Å². The van der Waals surface area contributed by atoms with Crippen LogP contribution < -0.4 is 25.1 Å². The maximum Gasteiger partial charge on any atom is 0.253 e. The molecule has 0 unspecified atom stereocenters. The van der Waals surface area contributed by atoms with Gasteiger partial charge in [-0.15, -0.1) is 0 Å². The number of nitrogens with one attached hydrogen (secondary N) is 2. The van der Waals surface area contributed by atoms with Crippen molar-refractivity contribution >= 4 is 5.91 Å². The summed E-state index contributed by atoms with van der Waals surface area (Å²) in [5, 5.41) is 2.76. The molecule has 0 aliphatic rings. The zero-order chi connectivity index (χ0) is 16.8. The summed E-state index contributed by atoms with van der Waals surface area (Å²) in [5.41, 5.74) is 0.903. The standard InChI is InChI=1S/C16H18N2O5/c1-21-12-6-10(7-13(22-2)15(12)23-3)8-18-16(20)11-4-5-14(19)17-9-11/h4-7,9H,8H2,1-3H3,(H,17,19)(H,18,20). The van der Waals surface area contributed by atoms with Crippen LogP contribution in [0.4, 0.5) is 0 Å². The maximum absolute atomic E-state index is 12.0. The van der Waals surface area contributed by atoms with Crippen molar-refractivity contribution in [2.75, 3.05) is 21.3 Å². The summed E-state index contributed by atoms with van der Waals surface area (Å²) in [6.45, 7) is 0.272. The normalized spacial score (nSPS) is 10.0. The zero-order valence-electron chi connectivity index (χ0n) is 13.1. The molecule has 122 valence electrons. The molecular weight excluding hydrogens is 300 g/mol. The highest BCUT2D eigenvalue weighted by molar-refractivity contribution is 5.93. The Morgan fingerprint density at radius 2 is 1.74 bits per heavy atom. The van der Waals surface area contributed by atoms with Crippen molar-refractivity contribution in [3.8, 4) is 17.2 Å². The van der Waals surface area contributed by atoms with Gasteiger partial charge in [-0.3, -0.25) is 9.59 Å². The van der Waals surface area contributed by atoms with Crippen molar-refractivity contribution in [2.45, 2.75) is 6.54 Å². The third-order valence-corrected chi connectivity index (χ3v) is 3.22. The van der Waals surface area contributed by atoms with E-state index >= 15 is 0 Å². The lowest BCUT2D eigenvalue weighted by Gasteiger charge is -2.14. The average molecular weight is 318 g/mol. The predicted molar refractivity (Wildman–Crippen MR) is 84.3 cm³/mol. The highest BCUT2D eigenvalue weighted by atomic mass is 16.5. The molecule has 1 aromatic carbocycles. The molecule has 0 radical (unpaired) electrons. The van der Waals surface area contributed by atoms with E-state index in [1.165, 1.54) is 39.7 Å². The SMILES string of the molecule is COc1cc(CNC(=O)c2ccc(=O)[nH]c2)cc(OC)c1OC. The lowest BCUT2D eigenvalue weighted by Crippen LogP contribution is -2.23. The molecule has 2 aromatic rings. The fourth-order valence-electron chi connectivity index (χ4n) is 2.07. The Kier molecular flexibility index (Phi) is 5.24. The van der Waals surface area contributed by atoms with Gasteiger partial charge < -0.3 is 24.5 Å². The fourth-order valence-corrected chi connectivity index (χ4v) is 2.07. The Balaban J connectivity index is 2.15. The summed E-state index contributed by atoms with van der Waals surface area (Å²) in [7, 11) is 4.58. The molecule has 1 heterocycles. The fraction of sp³-hybridized carbons (Fsp3) is 0.250. The summed E-state index contributed by atoms with van der Waals surface area (Å²) in [6.07, 6.45) is 1.37. The molecule has 2 N–H and O–H groups in total. The van der Waals surface area contributed by atoms with E-state index in [1.807, 2.05) is 0 Å². The first-order chi connectivity index (χ1) is 11.1. The van der Waals surface area contributed by atoms with E-state index in [-0.39, 0.29) is 18.0 Å². The van der Waals surface area contributed by atoms with Gasteiger partial charge in [-0.05, 0) is 23.8 Å². The van der Waals surface area contributed by atoms with Gasteiger partial charge in [0.15, 0.2) is 11.5 Å². The predicted octanol–water partition coefficient (Wildman–Crippen LogP) is 1.33. The lowest BCUT2D eigenvalue weighted by atomic mass is 10.1. The second-order valence-corrected chi connectivity index (χ2v) is 4.66. The molecule has 1 amide bonds. The molecule has 0 atom stereocenters. The van der Waals surface area contributed by atoms with Crippen LogP contribution in [-0.2, 0) is 6.54 Å². The zero-order valence-corrected chi connectivity index (χ0v) is 13.1.